The Morgan fingerprint density at radius 1 is 0.821 bits per heavy atom. The number of anilines is 1. The summed E-state index contributed by atoms with van der Waals surface area (Å²) in [7, 11) is 0. The second kappa shape index (κ2) is 14.7. The van der Waals surface area contributed by atoms with Crippen LogP contribution in [0.15, 0.2) is 103 Å². The Bertz CT molecular complexity index is 1320. The Balaban J connectivity index is 1.20. The molecule has 0 bridgehead atoms. The molecule has 0 aliphatic heterocycles. The number of carbonyl (C=O) groups is 1. The Morgan fingerprint density at radius 2 is 1.54 bits per heavy atom. The normalized spacial score (nSPS) is 11.5. The lowest BCUT2D eigenvalue weighted by Gasteiger charge is -2.16. The van der Waals surface area contributed by atoms with Crippen molar-refractivity contribution in [3.8, 4) is 5.75 Å². The predicted molar refractivity (Wildman–Crippen MR) is 153 cm³/mol. The number of carbonyl (C=O) groups excluding carboxylic acids is 1. The minimum absolute atomic E-state index is 0.174. The van der Waals surface area contributed by atoms with Gasteiger partial charge in [0.25, 0.3) is 0 Å². The van der Waals surface area contributed by atoms with Gasteiger partial charge in [0.2, 0.25) is 0 Å². The highest BCUT2D eigenvalue weighted by molar-refractivity contribution is 5.89. The molecule has 0 aliphatic carbocycles. The van der Waals surface area contributed by atoms with Crippen LogP contribution in [0, 0.1) is 0 Å². The van der Waals surface area contributed by atoms with Crippen molar-refractivity contribution >= 4 is 11.7 Å². The number of rotatable bonds is 13. The molecule has 0 radical (unpaired) electrons. The van der Waals surface area contributed by atoms with Crippen LogP contribution in [0.25, 0.3) is 0 Å². The van der Waals surface area contributed by atoms with E-state index in [2.05, 4.69) is 16.0 Å². The maximum atomic E-state index is 12.2. The van der Waals surface area contributed by atoms with Crippen LogP contribution in [-0.2, 0) is 26.2 Å². The summed E-state index contributed by atoms with van der Waals surface area (Å²) in [6.45, 7) is 1.72. The van der Waals surface area contributed by atoms with Gasteiger partial charge in [0, 0.05) is 24.3 Å². The Hall–Kier alpha value is -4.17. The Labute approximate surface area is 229 Å². The first-order chi connectivity index (χ1) is 19.1. The molecule has 0 fully saturated rings. The van der Waals surface area contributed by atoms with Gasteiger partial charge in [-0.3, -0.25) is 0 Å². The number of urea groups is 1. The van der Waals surface area contributed by atoms with Crippen molar-refractivity contribution in [3.05, 3.63) is 131 Å². The van der Waals surface area contributed by atoms with Crippen molar-refractivity contribution in [1.29, 1.82) is 0 Å². The van der Waals surface area contributed by atoms with Gasteiger partial charge < -0.3 is 30.9 Å². The highest BCUT2D eigenvalue weighted by atomic mass is 16.5. The number of hydrogen-bond acceptors (Lipinski definition) is 5. The maximum absolute atomic E-state index is 12.2. The fourth-order valence-electron chi connectivity index (χ4n) is 4.15. The number of aliphatic hydroxyl groups excluding tert-OH is 2. The van der Waals surface area contributed by atoms with Crippen LogP contribution in [0.4, 0.5) is 10.5 Å². The summed E-state index contributed by atoms with van der Waals surface area (Å²) in [6.07, 6.45) is 0.0157. The summed E-state index contributed by atoms with van der Waals surface area (Å²) >= 11 is 0. The van der Waals surface area contributed by atoms with E-state index in [0.29, 0.717) is 43.1 Å². The highest BCUT2D eigenvalue weighted by Gasteiger charge is 2.12. The van der Waals surface area contributed by atoms with Crippen molar-refractivity contribution in [2.24, 2.45) is 0 Å². The molecule has 202 valence electrons. The molecule has 4 aromatic rings. The van der Waals surface area contributed by atoms with Crippen LogP contribution in [0.5, 0.6) is 5.75 Å². The van der Waals surface area contributed by atoms with E-state index < -0.39 is 6.10 Å². The zero-order valence-corrected chi connectivity index (χ0v) is 21.8. The van der Waals surface area contributed by atoms with E-state index in [1.807, 2.05) is 91.0 Å². The van der Waals surface area contributed by atoms with Crippen LogP contribution in [-0.4, -0.2) is 29.3 Å². The van der Waals surface area contributed by atoms with E-state index >= 15 is 0 Å². The molecule has 39 heavy (non-hydrogen) atoms. The largest absolute Gasteiger partial charge is 0.489 e. The third-order valence-corrected chi connectivity index (χ3v) is 6.29. The van der Waals surface area contributed by atoms with Crippen molar-refractivity contribution in [3.63, 3.8) is 0 Å². The number of amides is 2. The van der Waals surface area contributed by atoms with Gasteiger partial charge in [-0.2, -0.15) is 0 Å². The quantitative estimate of drug-likeness (QED) is 0.159. The summed E-state index contributed by atoms with van der Waals surface area (Å²) < 4.78 is 5.88. The SMILES string of the molecule is O=C(NCc1ccccc1)Nc1cccc(CCNCC(O)c2ccc(OCc3ccccc3)c(CO)c2)c1. The molecule has 7 heteroatoms. The zero-order chi connectivity index (χ0) is 27.3. The second-order valence-corrected chi connectivity index (χ2v) is 9.26. The predicted octanol–water partition coefficient (Wildman–Crippen LogP) is 4.95. The van der Waals surface area contributed by atoms with Crippen LogP contribution in [0.2, 0.25) is 0 Å². The summed E-state index contributed by atoms with van der Waals surface area (Å²) in [5, 5.41) is 29.5. The number of benzene rings is 4. The maximum Gasteiger partial charge on any atom is 0.319 e. The monoisotopic (exact) mass is 525 g/mol. The van der Waals surface area contributed by atoms with Gasteiger partial charge in [-0.1, -0.05) is 78.9 Å². The van der Waals surface area contributed by atoms with E-state index in [9.17, 15) is 15.0 Å². The third-order valence-electron chi connectivity index (χ3n) is 6.29. The standard InChI is InChI=1S/C32H35N3O4/c36-22-28-19-27(14-15-31(28)39-23-26-10-5-2-6-11-26)30(37)21-33-17-16-24-12-7-13-29(18-24)35-32(38)34-20-25-8-3-1-4-9-25/h1-15,18-19,30,33,36-37H,16-17,20-23H2,(H2,34,35,38). The Kier molecular flexibility index (Phi) is 10.5. The van der Waals surface area contributed by atoms with E-state index in [1.54, 1.807) is 12.1 Å². The molecule has 4 aromatic carbocycles. The van der Waals surface area contributed by atoms with Gasteiger partial charge in [-0.15, -0.1) is 0 Å². The molecule has 0 saturated heterocycles. The first-order valence-electron chi connectivity index (χ1n) is 13.1. The highest BCUT2D eigenvalue weighted by Crippen LogP contribution is 2.24. The first-order valence-corrected chi connectivity index (χ1v) is 13.1. The zero-order valence-electron chi connectivity index (χ0n) is 21.8. The first kappa shape index (κ1) is 27.9. The van der Waals surface area contributed by atoms with Crippen molar-refractivity contribution in [2.75, 3.05) is 18.4 Å². The molecule has 0 spiro atoms. The lowest BCUT2D eigenvalue weighted by Crippen LogP contribution is -2.28. The van der Waals surface area contributed by atoms with Gasteiger partial charge in [0.1, 0.15) is 12.4 Å². The number of nitrogens with one attached hydrogen (secondary N) is 3. The molecule has 4 rings (SSSR count). The van der Waals surface area contributed by atoms with Gasteiger partial charge in [-0.25, -0.2) is 4.79 Å². The average molecular weight is 526 g/mol. The molecule has 0 saturated carbocycles. The summed E-state index contributed by atoms with van der Waals surface area (Å²) in [6, 6.07) is 32.5. The molecular weight excluding hydrogens is 490 g/mol. The van der Waals surface area contributed by atoms with Crippen LogP contribution in [0.3, 0.4) is 0 Å². The smallest absolute Gasteiger partial charge is 0.319 e. The Morgan fingerprint density at radius 3 is 2.28 bits per heavy atom. The van der Waals surface area contributed by atoms with Crippen LogP contribution < -0.4 is 20.7 Å². The molecule has 5 N–H and O–H groups in total. The van der Waals surface area contributed by atoms with E-state index in [0.717, 1.165) is 28.8 Å². The van der Waals surface area contributed by atoms with Gasteiger partial charge in [-0.05, 0) is 59.5 Å². The van der Waals surface area contributed by atoms with Gasteiger partial charge in [0.05, 0.1) is 12.7 Å². The molecule has 1 unspecified atom stereocenters. The number of hydrogen-bond donors (Lipinski definition) is 5. The van der Waals surface area contributed by atoms with Gasteiger partial charge in [0.15, 0.2) is 0 Å². The average Bonchev–Trinajstić information content (AvgIpc) is 2.98. The summed E-state index contributed by atoms with van der Waals surface area (Å²) in [5.74, 6) is 0.604. The van der Waals surface area contributed by atoms with Gasteiger partial charge >= 0.3 is 6.03 Å². The fourth-order valence-corrected chi connectivity index (χ4v) is 4.15. The molecule has 7 nitrogen and oxygen atoms in total. The lowest BCUT2D eigenvalue weighted by atomic mass is 10.0. The molecule has 0 aliphatic rings. The minimum Gasteiger partial charge on any atom is -0.489 e. The number of ether oxygens (including phenoxy) is 1. The lowest BCUT2D eigenvalue weighted by molar-refractivity contribution is 0.174. The molecule has 1 atom stereocenters. The van der Waals surface area contributed by atoms with E-state index in [4.69, 9.17) is 4.74 Å². The topological polar surface area (TPSA) is 103 Å². The van der Waals surface area contributed by atoms with E-state index in [1.165, 1.54) is 0 Å². The molecule has 0 aromatic heterocycles. The minimum atomic E-state index is -0.722. The molecule has 2 amide bonds. The van der Waals surface area contributed by atoms with Crippen LogP contribution in [0.1, 0.15) is 33.9 Å². The molecule has 0 heterocycles. The van der Waals surface area contributed by atoms with Crippen molar-refractivity contribution < 1.29 is 19.7 Å². The van der Waals surface area contributed by atoms with Crippen LogP contribution >= 0.6 is 0 Å². The van der Waals surface area contributed by atoms with Crippen molar-refractivity contribution in [2.45, 2.75) is 32.3 Å². The second-order valence-electron chi connectivity index (χ2n) is 9.26. The third kappa shape index (κ3) is 8.97. The van der Waals surface area contributed by atoms with E-state index in [-0.39, 0.29) is 12.6 Å². The number of aliphatic hydroxyl groups is 2. The van der Waals surface area contributed by atoms with Crippen molar-refractivity contribution in [1.82, 2.24) is 10.6 Å². The summed E-state index contributed by atoms with van der Waals surface area (Å²) in [4.78, 5) is 12.2. The molecular formula is C32H35N3O4. The fraction of sp³-hybridized carbons (Fsp3) is 0.219. The summed E-state index contributed by atoms with van der Waals surface area (Å²) in [5.41, 5.74) is 5.23.